The Kier molecular flexibility index (Phi) is 5.11. The van der Waals surface area contributed by atoms with E-state index in [9.17, 15) is 4.79 Å². The highest BCUT2D eigenvalue weighted by Crippen LogP contribution is 2.44. The Bertz CT molecular complexity index is 562. The van der Waals surface area contributed by atoms with E-state index in [1.807, 2.05) is 25.7 Å². The molecule has 0 saturated carbocycles. The molecule has 0 radical (unpaired) electrons. The summed E-state index contributed by atoms with van der Waals surface area (Å²) in [6.45, 7) is 9.47. The molecule has 2 heterocycles. The molecule has 2 saturated heterocycles. The highest BCUT2D eigenvalue weighted by molar-refractivity contribution is 8.00. The summed E-state index contributed by atoms with van der Waals surface area (Å²) < 4.78 is 5.52. The Morgan fingerprint density at radius 3 is 2.46 bits per heavy atom. The van der Waals surface area contributed by atoms with E-state index in [2.05, 4.69) is 47.0 Å². The Balaban J connectivity index is 1.60. The first-order valence-corrected chi connectivity index (χ1v) is 9.77. The molecule has 0 unspecified atom stereocenters. The van der Waals surface area contributed by atoms with Gasteiger partial charge in [-0.2, -0.15) is 0 Å². The van der Waals surface area contributed by atoms with E-state index >= 15 is 0 Å². The van der Waals surface area contributed by atoms with Gasteiger partial charge in [0.15, 0.2) is 0 Å². The second kappa shape index (κ2) is 6.96. The fourth-order valence-corrected chi connectivity index (χ4v) is 4.99. The average Bonchev–Trinajstić information content (AvgIpc) is 2.89. The molecular weight excluding hydrogens is 320 g/mol. The number of rotatable bonds is 2. The van der Waals surface area contributed by atoms with Crippen molar-refractivity contribution in [2.75, 3.05) is 25.4 Å². The zero-order valence-corrected chi connectivity index (χ0v) is 15.8. The minimum atomic E-state index is -0.423. The van der Waals surface area contributed by atoms with E-state index in [1.54, 1.807) is 0 Å². The minimum absolute atomic E-state index is 0.171. The fraction of sp³-hybridized carbons (Fsp3) is 0.632. The molecule has 3 rings (SSSR count). The predicted molar refractivity (Wildman–Crippen MR) is 99.1 cm³/mol. The maximum Gasteiger partial charge on any atom is 0.410 e. The van der Waals surface area contributed by atoms with Crippen LogP contribution in [0.5, 0.6) is 0 Å². The molecular formula is C19H28N2O2S. The largest absolute Gasteiger partial charge is 0.444 e. The van der Waals surface area contributed by atoms with Crippen LogP contribution in [0.1, 0.15) is 39.2 Å². The van der Waals surface area contributed by atoms with Crippen LogP contribution in [-0.2, 0) is 11.3 Å². The minimum Gasteiger partial charge on any atom is -0.444 e. The normalized spacial score (nSPS) is 21.2. The third-order valence-electron chi connectivity index (χ3n) is 4.72. The number of ether oxygens (including phenoxy) is 1. The fourth-order valence-electron chi connectivity index (χ4n) is 3.49. The molecule has 0 bridgehead atoms. The van der Waals surface area contributed by atoms with E-state index in [-0.39, 0.29) is 11.0 Å². The number of nitrogens with zero attached hydrogens (tertiary/aromatic N) is 2. The van der Waals surface area contributed by atoms with Crippen molar-refractivity contribution < 1.29 is 9.53 Å². The van der Waals surface area contributed by atoms with Crippen LogP contribution in [0.4, 0.5) is 4.79 Å². The smallest absolute Gasteiger partial charge is 0.410 e. The Hall–Kier alpha value is -1.20. The summed E-state index contributed by atoms with van der Waals surface area (Å²) in [6.07, 6.45) is 1.86. The van der Waals surface area contributed by atoms with Gasteiger partial charge in [-0.25, -0.2) is 4.79 Å². The average molecular weight is 349 g/mol. The number of thioether (sulfide) groups is 1. The molecule has 1 aromatic carbocycles. The highest BCUT2D eigenvalue weighted by atomic mass is 32.2. The third-order valence-corrected chi connectivity index (χ3v) is 6.31. The number of likely N-dealkylation sites (tertiary alicyclic amines) is 1. The number of hydrogen-bond donors (Lipinski definition) is 0. The van der Waals surface area contributed by atoms with Gasteiger partial charge in [0.1, 0.15) is 5.60 Å². The number of amides is 1. The van der Waals surface area contributed by atoms with Crippen molar-refractivity contribution in [2.45, 2.75) is 50.6 Å². The van der Waals surface area contributed by atoms with E-state index in [0.29, 0.717) is 0 Å². The summed E-state index contributed by atoms with van der Waals surface area (Å²) in [5.41, 5.74) is 0.946. The van der Waals surface area contributed by atoms with E-state index in [1.165, 1.54) is 11.3 Å². The first-order valence-electron chi connectivity index (χ1n) is 8.79. The van der Waals surface area contributed by atoms with Crippen LogP contribution in [-0.4, -0.2) is 51.8 Å². The molecule has 0 atom stereocenters. The molecule has 4 nitrogen and oxygen atoms in total. The quantitative estimate of drug-likeness (QED) is 0.810. The summed E-state index contributed by atoms with van der Waals surface area (Å²) in [5, 5.41) is 0. The van der Waals surface area contributed by atoms with Crippen LogP contribution >= 0.6 is 11.8 Å². The molecule has 24 heavy (non-hydrogen) atoms. The summed E-state index contributed by atoms with van der Waals surface area (Å²) in [7, 11) is 0. The molecule has 1 amide bonds. The van der Waals surface area contributed by atoms with Crippen LogP contribution in [0.3, 0.4) is 0 Å². The standard InChI is InChI=1S/C19H28N2O2S/c1-18(2,3)23-17(22)20-11-9-19(10-12-20)21(13-14-24-19)15-16-7-5-4-6-8-16/h4-8H,9-15H2,1-3H3. The van der Waals surface area contributed by atoms with Gasteiger partial charge in [0.25, 0.3) is 0 Å². The molecule has 0 N–H and O–H groups in total. The lowest BCUT2D eigenvalue weighted by atomic mass is 10.0. The van der Waals surface area contributed by atoms with Gasteiger partial charge in [-0.3, -0.25) is 4.90 Å². The molecule has 1 aromatic rings. The van der Waals surface area contributed by atoms with Crippen molar-refractivity contribution >= 4 is 17.9 Å². The lowest BCUT2D eigenvalue weighted by Gasteiger charge is -2.44. The maximum absolute atomic E-state index is 12.3. The number of piperidine rings is 1. The lowest BCUT2D eigenvalue weighted by Crippen LogP contribution is -2.52. The summed E-state index contributed by atoms with van der Waals surface area (Å²) in [4.78, 5) is 16.9. The summed E-state index contributed by atoms with van der Waals surface area (Å²) >= 11 is 2.07. The van der Waals surface area contributed by atoms with E-state index in [0.717, 1.165) is 39.0 Å². The number of carbonyl (C=O) groups is 1. The van der Waals surface area contributed by atoms with Crippen LogP contribution < -0.4 is 0 Å². The monoisotopic (exact) mass is 348 g/mol. The van der Waals surface area contributed by atoms with Crippen molar-refractivity contribution in [1.29, 1.82) is 0 Å². The summed E-state index contributed by atoms with van der Waals surface area (Å²) in [6, 6.07) is 10.7. The second-order valence-electron chi connectivity index (χ2n) is 7.67. The second-order valence-corrected chi connectivity index (χ2v) is 9.13. The Labute approximate surface area is 149 Å². The van der Waals surface area contributed by atoms with Crippen LogP contribution in [0.2, 0.25) is 0 Å². The lowest BCUT2D eigenvalue weighted by molar-refractivity contribution is 0.0120. The van der Waals surface area contributed by atoms with E-state index < -0.39 is 5.60 Å². The van der Waals surface area contributed by atoms with Gasteiger partial charge < -0.3 is 9.64 Å². The molecule has 1 spiro atoms. The SMILES string of the molecule is CC(C)(C)OC(=O)N1CCC2(CC1)SCCN2Cc1ccccc1. The predicted octanol–water partition coefficient (Wildman–Crippen LogP) is 3.96. The Morgan fingerprint density at radius 2 is 1.83 bits per heavy atom. The first kappa shape index (κ1) is 17.6. The van der Waals surface area contributed by atoms with Crippen LogP contribution in [0, 0.1) is 0 Å². The number of benzene rings is 1. The van der Waals surface area contributed by atoms with Gasteiger partial charge in [-0.1, -0.05) is 30.3 Å². The molecule has 0 aromatic heterocycles. The molecule has 132 valence electrons. The van der Waals surface area contributed by atoms with Crippen LogP contribution in [0.25, 0.3) is 0 Å². The zero-order chi connectivity index (χ0) is 17.2. The number of hydrogen-bond acceptors (Lipinski definition) is 4. The van der Waals surface area contributed by atoms with Gasteiger partial charge >= 0.3 is 6.09 Å². The summed E-state index contributed by atoms with van der Waals surface area (Å²) in [5.74, 6) is 1.18. The van der Waals surface area contributed by atoms with Crippen molar-refractivity contribution in [2.24, 2.45) is 0 Å². The first-order chi connectivity index (χ1) is 11.4. The van der Waals surface area contributed by atoms with Gasteiger partial charge in [0.2, 0.25) is 0 Å². The van der Waals surface area contributed by atoms with Gasteiger partial charge in [-0.15, -0.1) is 11.8 Å². The van der Waals surface area contributed by atoms with Crippen molar-refractivity contribution in [3.05, 3.63) is 35.9 Å². The Morgan fingerprint density at radius 1 is 1.17 bits per heavy atom. The number of carbonyl (C=O) groups excluding carboxylic acids is 1. The molecule has 2 aliphatic rings. The van der Waals surface area contributed by atoms with Crippen molar-refractivity contribution in [1.82, 2.24) is 9.80 Å². The van der Waals surface area contributed by atoms with E-state index in [4.69, 9.17) is 4.74 Å². The molecule has 0 aliphatic carbocycles. The molecule has 2 fully saturated rings. The van der Waals surface area contributed by atoms with Crippen LogP contribution in [0.15, 0.2) is 30.3 Å². The molecule has 2 aliphatic heterocycles. The maximum atomic E-state index is 12.3. The molecule has 5 heteroatoms. The topological polar surface area (TPSA) is 32.8 Å². The van der Waals surface area contributed by atoms with Crippen molar-refractivity contribution in [3.8, 4) is 0 Å². The van der Waals surface area contributed by atoms with Gasteiger partial charge in [0, 0.05) is 31.9 Å². The third kappa shape index (κ3) is 4.06. The van der Waals surface area contributed by atoms with Gasteiger partial charge in [0.05, 0.1) is 4.87 Å². The highest BCUT2D eigenvalue weighted by Gasteiger charge is 2.44. The zero-order valence-electron chi connectivity index (χ0n) is 15.0. The van der Waals surface area contributed by atoms with Crippen molar-refractivity contribution in [3.63, 3.8) is 0 Å². The van der Waals surface area contributed by atoms with Gasteiger partial charge in [-0.05, 0) is 39.2 Å².